The van der Waals surface area contributed by atoms with Crippen molar-refractivity contribution in [3.8, 4) is 22.9 Å². The summed E-state index contributed by atoms with van der Waals surface area (Å²) in [4.78, 5) is 60.9. The second-order valence-electron chi connectivity index (χ2n) is 18.8. The number of hydrogen-bond acceptors (Lipinski definition) is 11. The van der Waals surface area contributed by atoms with Gasteiger partial charge in [-0.3, -0.25) is 19.2 Å². The van der Waals surface area contributed by atoms with Crippen molar-refractivity contribution in [2.75, 3.05) is 27.4 Å². The van der Waals surface area contributed by atoms with Gasteiger partial charge in [-0.25, -0.2) is 36.3 Å². The molecule has 0 saturated carbocycles. The summed E-state index contributed by atoms with van der Waals surface area (Å²) in [7, 11) is 3.11. The average molecular weight is 1150 g/mol. The van der Waals surface area contributed by atoms with Gasteiger partial charge < -0.3 is 32.9 Å². The molecule has 0 bridgehead atoms. The van der Waals surface area contributed by atoms with Gasteiger partial charge in [-0.05, 0) is 109 Å². The lowest BCUT2D eigenvalue weighted by Crippen LogP contribution is -2.39. The molecule has 8 aromatic rings. The van der Waals surface area contributed by atoms with Gasteiger partial charge in [0.05, 0.1) is 82.9 Å². The number of imide groups is 1. The number of imidazole rings is 2. The number of methoxy groups -OCH3 is 2. The molecule has 81 heavy (non-hydrogen) atoms. The molecular weight excluding hydrogens is 1110 g/mol. The van der Waals surface area contributed by atoms with Crippen LogP contribution in [0.1, 0.15) is 72.0 Å². The first-order chi connectivity index (χ1) is 38.9. The van der Waals surface area contributed by atoms with Crippen LogP contribution in [-0.4, -0.2) is 78.7 Å². The molecule has 5 aromatic carbocycles. The van der Waals surface area contributed by atoms with Crippen LogP contribution in [0.15, 0.2) is 155 Å². The zero-order chi connectivity index (χ0) is 57.4. The molecule has 23 heteroatoms. The predicted octanol–water partition coefficient (Wildman–Crippen LogP) is 11.4. The second kappa shape index (κ2) is 23.0. The summed E-state index contributed by atoms with van der Waals surface area (Å²) in [6.07, 6.45) is 12.2. The normalized spacial score (nSPS) is 15.0. The van der Waals surface area contributed by atoms with Crippen LogP contribution < -0.4 is 15.0 Å². The van der Waals surface area contributed by atoms with Crippen LogP contribution in [0.4, 0.5) is 26.3 Å². The molecule has 0 radical (unpaired) electrons. The van der Waals surface area contributed by atoms with Gasteiger partial charge in [-0.2, -0.15) is 0 Å². The van der Waals surface area contributed by atoms with Crippen LogP contribution >= 0.6 is 23.2 Å². The van der Waals surface area contributed by atoms with Gasteiger partial charge in [-0.15, -0.1) is 5.06 Å². The minimum atomic E-state index is -1.70. The van der Waals surface area contributed by atoms with Crippen LogP contribution in [0.3, 0.4) is 0 Å². The first kappa shape index (κ1) is 55.4. The Hall–Kier alpha value is -8.92. The number of allylic oxidation sites excluding steroid dienone is 2. The van der Waals surface area contributed by atoms with Gasteiger partial charge in [0.15, 0.2) is 40.7 Å². The van der Waals surface area contributed by atoms with E-state index in [0.29, 0.717) is 51.5 Å². The number of ether oxygens (including phenoxy) is 2. The Kier molecular flexibility index (Phi) is 15.8. The Morgan fingerprint density at radius 2 is 1.23 bits per heavy atom. The van der Waals surface area contributed by atoms with Crippen LogP contribution in [0.5, 0.6) is 11.5 Å². The quantitative estimate of drug-likeness (QED) is 0.0585. The lowest BCUT2D eigenvalue weighted by molar-refractivity contribution is -0.0981. The van der Waals surface area contributed by atoms with Crippen molar-refractivity contribution in [1.82, 2.24) is 33.6 Å². The van der Waals surface area contributed by atoms with Crippen LogP contribution in [0.25, 0.3) is 11.4 Å². The molecule has 2 atom stereocenters. The van der Waals surface area contributed by atoms with E-state index in [0.717, 1.165) is 50.6 Å². The lowest BCUT2D eigenvalue weighted by atomic mass is 9.97. The number of carbonyl (C=O) groups excluding carboxylic acids is 2. The average Bonchev–Trinajstić information content (AvgIpc) is 4.19. The van der Waals surface area contributed by atoms with E-state index in [1.165, 1.54) is 31.5 Å². The van der Waals surface area contributed by atoms with E-state index >= 15 is 0 Å². The molecule has 0 N–H and O–H groups in total. The van der Waals surface area contributed by atoms with Crippen LogP contribution in [-0.2, 0) is 22.5 Å². The predicted molar refractivity (Wildman–Crippen MR) is 286 cm³/mol. The van der Waals surface area contributed by atoms with Crippen molar-refractivity contribution >= 4 is 40.9 Å². The van der Waals surface area contributed by atoms with E-state index < -0.39 is 71.0 Å². The van der Waals surface area contributed by atoms with Gasteiger partial charge in [0.1, 0.15) is 24.7 Å². The minimum Gasteiger partial charge on any atom is -0.495 e. The fourth-order valence-corrected chi connectivity index (χ4v) is 10.0. The van der Waals surface area contributed by atoms with Gasteiger partial charge >= 0.3 is 0 Å². The largest absolute Gasteiger partial charge is 0.495 e. The molecule has 3 aliphatic heterocycles. The number of pyridine rings is 1. The van der Waals surface area contributed by atoms with Crippen molar-refractivity contribution in [2.45, 2.75) is 38.8 Å². The first-order valence-corrected chi connectivity index (χ1v) is 25.4. The summed E-state index contributed by atoms with van der Waals surface area (Å²) in [5, 5.41) is 5.20. The molecule has 0 saturated heterocycles. The third kappa shape index (κ3) is 11.3. The first-order valence-electron chi connectivity index (χ1n) is 24.6. The molecular formula is C58H44Cl2F6N8O7. The van der Waals surface area contributed by atoms with Crippen LogP contribution in [0, 0.1) is 48.8 Å². The SMILES string of the molecule is COc1cc(CC2=CC(Cl)=CN3C2=NOCC3c2cc(F)c(F)c(F)c2)ccc1-n1cnc(C)c1.COc1cc(Cc2cc(Cl)cn(C(CON3C(=O)c4ccccc4C3=O)c3cc(F)c(F)c(F)c3)c2=O)ccc1-n1cnc(C)c1. The van der Waals surface area contributed by atoms with Crippen molar-refractivity contribution in [3.63, 3.8) is 0 Å². The van der Waals surface area contributed by atoms with Crippen molar-refractivity contribution < 1.29 is 55.1 Å². The van der Waals surface area contributed by atoms with E-state index in [2.05, 4.69) is 15.1 Å². The molecule has 3 aromatic heterocycles. The third-order valence-electron chi connectivity index (χ3n) is 13.4. The number of benzene rings is 5. The third-order valence-corrected chi connectivity index (χ3v) is 13.8. The maximum atomic E-state index is 14.4. The van der Waals surface area contributed by atoms with Gasteiger partial charge in [-0.1, -0.05) is 52.6 Å². The maximum absolute atomic E-state index is 14.4. The van der Waals surface area contributed by atoms with Crippen molar-refractivity contribution in [3.05, 3.63) is 246 Å². The molecule has 2 amide bonds. The minimum absolute atomic E-state index is 0.00873. The number of hydrogen-bond donors (Lipinski definition) is 0. The number of carbonyl (C=O) groups is 2. The summed E-state index contributed by atoms with van der Waals surface area (Å²) >= 11 is 12.9. The number of nitrogens with zero attached hydrogens (tertiary/aromatic N) is 8. The van der Waals surface area contributed by atoms with E-state index in [1.807, 2.05) is 49.0 Å². The zero-order valence-electron chi connectivity index (χ0n) is 43.1. The number of aromatic nitrogens is 5. The highest BCUT2D eigenvalue weighted by Gasteiger charge is 2.38. The fraction of sp³-hybridized carbons (Fsp3) is 0.172. The zero-order valence-corrected chi connectivity index (χ0v) is 44.7. The molecule has 15 nitrogen and oxygen atoms in total. The lowest BCUT2D eigenvalue weighted by Gasteiger charge is -2.37. The number of halogens is 8. The highest BCUT2D eigenvalue weighted by molar-refractivity contribution is 6.32. The number of rotatable bonds is 14. The van der Waals surface area contributed by atoms with Gasteiger partial charge in [0.25, 0.3) is 17.4 Å². The van der Waals surface area contributed by atoms with Gasteiger partial charge in [0, 0.05) is 48.8 Å². The maximum Gasteiger partial charge on any atom is 0.285 e. The topological polar surface area (TPSA) is 148 Å². The number of hydroxylamine groups is 2. The Morgan fingerprint density at radius 3 is 1.77 bits per heavy atom. The monoisotopic (exact) mass is 1150 g/mol. The molecule has 0 aliphatic carbocycles. The summed E-state index contributed by atoms with van der Waals surface area (Å²) < 4.78 is 100. The number of amidine groups is 1. The highest BCUT2D eigenvalue weighted by atomic mass is 35.5. The molecule has 414 valence electrons. The van der Waals surface area contributed by atoms with Crippen molar-refractivity contribution in [2.24, 2.45) is 5.16 Å². The number of aryl methyl sites for hydroxylation is 2. The Balaban J connectivity index is 0.000000189. The van der Waals surface area contributed by atoms with Crippen molar-refractivity contribution in [1.29, 1.82) is 0 Å². The van der Waals surface area contributed by atoms with E-state index in [9.17, 15) is 40.7 Å². The summed E-state index contributed by atoms with van der Waals surface area (Å²) in [6, 6.07) is 20.0. The Labute approximate surface area is 467 Å². The second-order valence-corrected chi connectivity index (χ2v) is 19.7. The number of oxime groups is 1. The molecule has 6 heterocycles. The summed E-state index contributed by atoms with van der Waals surface area (Å²) in [5.74, 6) is -8.65. The number of fused-ring (bicyclic) bond motifs is 2. The molecule has 11 rings (SSSR count). The summed E-state index contributed by atoms with van der Waals surface area (Å²) in [5.41, 5.74) is 5.40. The number of amides is 2. The van der Waals surface area contributed by atoms with E-state index in [1.54, 1.807) is 71.8 Å². The highest BCUT2D eigenvalue weighted by Crippen LogP contribution is 2.36. The smallest absolute Gasteiger partial charge is 0.285 e. The van der Waals surface area contributed by atoms with Crippen LogP contribution in [0.2, 0.25) is 5.02 Å². The van der Waals surface area contributed by atoms with E-state index in [-0.39, 0.29) is 45.9 Å². The molecule has 0 spiro atoms. The standard InChI is InChI=1S/C33H24ClF3N4O5.C25H20ClF3N4O2/c1-18-14-39(17-38-18)27-8-7-19(10-29(27)45-2)9-21-11-22(34)15-40(31(21)42)28(20-12-25(35)30(37)26(36)13-20)16-46-41-32(43)23-5-3-4-6-24(23)33(41)44;1-14-10-32(13-30-14)21-4-3-15(6-23(21)34-2)5-17-7-18(26)11-33-22(12-35-31-25(17)33)16-8-19(27)24(29)20(28)9-16/h3-8,10-15,17,28H,9,16H2,1-2H3;3-4,6-11,13,22H,5,12H2,1-2H3. The molecule has 0 fully saturated rings. The Bertz CT molecular complexity index is 3890. The van der Waals surface area contributed by atoms with E-state index in [4.69, 9.17) is 42.4 Å². The van der Waals surface area contributed by atoms with Gasteiger partial charge in [0.2, 0.25) is 0 Å². The fourth-order valence-electron chi connectivity index (χ4n) is 9.53. The Morgan fingerprint density at radius 1 is 0.691 bits per heavy atom. The molecule has 3 aliphatic rings. The summed E-state index contributed by atoms with van der Waals surface area (Å²) in [6.45, 7) is 3.15. The molecule has 2 unspecified atom stereocenters.